The summed E-state index contributed by atoms with van der Waals surface area (Å²) in [5, 5.41) is 20.9. The van der Waals surface area contributed by atoms with E-state index in [2.05, 4.69) is 16.3 Å². The van der Waals surface area contributed by atoms with Crippen molar-refractivity contribution in [2.45, 2.75) is 25.8 Å². The van der Waals surface area contributed by atoms with Crippen molar-refractivity contribution >= 4 is 5.97 Å². The second kappa shape index (κ2) is 5.28. The van der Waals surface area contributed by atoms with E-state index < -0.39 is 5.97 Å². The molecule has 0 aromatic carbocycles. The highest BCUT2D eigenvalue weighted by molar-refractivity contribution is 5.68. The molecule has 0 radical (unpaired) electrons. The van der Waals surface area contributed by atoms with Gasteiger partial charge in [-0.15, -0.1) is 0 Å². The summed E-state index contributed by atoms with van der Waals surface area (Å²) in [4.78, 5) is 13.0. The van der Waals surface area contributed by atoms with Gasteiger partial charge in [0.15, 0.2) is 0 Å². The molecule has 1 aliphatic rings. The number of hydrogen-bond donors (Lipinski definition) is 2. The van der Waals surface area contributed by atoms with Crippen LogP contribution in [-0.2, 0) is 4.79 Å². The number of hydrogen-bond acceptors (Lipinski definition) is 4. The molecule has 0 aliphatic carbocycles. The number of likely N-dealkylation sites (N-methyl/N-ethyl adjacent to an activating group) is 1. The predicted octanol–water partition coefficient (Wildman–Crippen LogP) is 0.285. The molecule has 0 aromatic rings. The lowest BCUT2D eigenvalue weighted by atomic mass is 9.85. The van der Waals surface area contributed by atoms with Crippen LogP contribution >= 0.6 is 0 Å². The maximum Gasteiger partial charge on any atom is 0.305 e. The molecule has 1 atom stereocenters. The normalized spacial score (nSPS) is 19.9. The molecule has 0 amide bonds. The Hall–Kier alpha value is -1.12. The topological polar surface area (TPSA) is 76.4 Å². The van der Waals surface area contributed by atoms with Crippen LogP contribution in [0.25, 0.3) is 0 Å². The first-order chi connectivity index (χ1) is 7.54. The molecule has 1 unspecified atom stereocenters. The lowest BCUT2D eigenvalue weighted by Gasteiger charge is -2.50. The Kier molecular flexibility index (Phi) is 4.27. The summed E-state index contributed by atoms with van der Waals surface area (Å²) < 4.78 is 0. The summed E-state index contributed by atoms with van der Waals surface area (Å²) in [6, 6.07) is 2.19. The van der Waals surface area contributed by atoms with Crippen LogP contribution in [0.2, 0.25) is 0 Å². The Morgan fingerprint density at radius 3 is 2.62 bits per heavy atom. The van der Waals surface area contributed by atoms with Gasteiger partial charge < -0.3 is 10.4 Å². The van der Waals surface area contributed by atoms with Crippen LogP contribution in [-0.4, -0.2) is 47.7 Å². The van der Waals surface area contributed by atoms with Gasteiger partial charge in [-0.2, -0.15) is 5.26 Å². The number of carbonyl (C=O) groups is 1. The number of nitriles is 1. The Morgan fingerprint density at radius 1 is 1.69 bits per heavy atom. The predicted molar refractivity (Wildman–Crippen MR) is 59.9 cm³/mol. The van der Waals surface area contributed by atoms with E-state index >= 15 is 0 Å². The second-order valence-corrected chi connectivity index (χ2v) is 4.47. The van der Waals surface area contributed by atoms with E-state index in [1.165, 1.54) is 0 Å². The van der Waals surface area contributed by atoms with Crippen LogP contribution in [0, 0.1) is 17.2 Å². The van der Waals surface area contributed by atoms with Crippen molar-refractivity contribution in [1.82, 2.24) is 10.2 Å². The van der Waals surface area contributed by atoms with Gasteiger partial charge in [-0.1, -0.05) is 6.92 Å². The Morgan fingerprint density at radius 2 is 2.31 bits per heavy atom. The molecule has 0 aromatic heterocycles. The molecular weight excluding hydrogens is 206 g/mol. The van der Waals surface area contributed by atoms with Crippen molar-refractivity contribution in [1.29, 1.82) is 5.26 Å². The summed E-state index contributed by atoms with van der Waals surface area (Å²) in [5.41, 5.74) is -0.286. The molecule has 1 heterocycles. The number of carboxylic acids is 1. The fraction of sp³-hybridized carbons (Fsp3) is 0.818. The molecule has 1 aliphatic heterocycles. The number of nitrogens with zero attached hydrogens (tertiary/aromatic N) is 2. The van der Waals surface area contributed by atoms with Gasteiger partial charge in [0, 0.05) is 19.6 Å². The monoisotopic (exact) mass is 225 g/mol. The maximum absolute atomic E-state index is 10.9. The van der Waals surface area contributed by atoms with E-state index in [-0.39, 0.29) is 17.9 Å². The van der Waals surface area contributed by atoms with Crippen LogP contribution in [0.15, 0.2) is 0 Å². The number of nitrogens with one attached hydrogen (secondary N) is 1. The number of carboxylic acid groups (broad SMARTS) is 1. The van der Waals surface area contributed by atoms with Crippen molar-refractivity contribution in [3.63, 3.8) is 0 Å². The van der Waals surface area contributed by atoms with Gasteiger partial charge in [0.1, 0.15) is 0 Å². The first kappa shape index (κ1) is 12.9. The lowest BCUT2D eigenvalue weighted by Crippen LogP contribution is -2.70. The van der Waals surface area contributed by atoms with Crippen molar-refractivity contribution in [3.8, 4) is 6.07 Å². The second-order valence-electron chi connectivity index (χ2n) is 4.47. The van der Waals surface area contributed by atoms with Gasteiger partial charge in [-0.25, -0.2) is 0 Å². The lowest BCUT2D eigenvalue weighted by molar-refractivity contribution is -0.142. The van der Waals surface area contributed by atoms with E-state index in [0.29, 0.717) is 19.6 Å². The van der Waals surface area contributed by atoms with Crippen molar-refractivity contribution in [2.75, 3.05) is 26.2 Å². The molecule has 16 heavy (non-hydrogen) atoms. The van der Waals surface area contributed by atoms with Crippen LogP contribution in [0.1, 0.15) is 20.3 Å². The molecule has 0 saturated carbocycles. The van der Waals surface area contributed by atoms with Gasteiger partial charge in [0.2, 0.25) is 0 Å². The van der Waals surface area contributed by atoms with E-state index in [1.54, 1.807) is 0 Å². The summed E-state index contributed by atoms with van der Waals surface area (Å²) in [5.74, 6) is -0.837. The fourth-order valence-electron chi connectivity index (χ4n) is 2.19. The minimum atomic E-state index is -0.774. The maximum atomic E-state index is 10.9. The van der Waals surface area contributed by atoms with E-state index in [9.17, 15) is 4.79 Å². The third-order valence-corrected chi connectivity index (χ3v) is 3.16. The summed E-state index contributed by atoms with van der Waals surface area (Å²) in [6.07, 6.45) is 0.145. The van der Waals surface area contributed by atoms with Crippen molar-refractivity contribution in [2.24, 2.45) is 5.92 Å². The zero-order valence-electron chi connectivity index (χ0n) is 9.86. The van der Waals surface area contributed by atoms with Crippen molar-refractivity contribution in [3.05, 3.63) is 0 Å². The zero-order chi connectivity index (χ0) is 12.2. The summed E-state index contributed by atoms with van der Waals surface area (Å²) >= 11 is 0. The molecule has 0 bridgehead atoms. The van der Waals surface area contributed by atoms with Gasteiger partial charge in [-0.05, 0) is 13.5 Å². The van der Waals surface area contributed by atoms with Crippen molar-refractivity contribution < 1.29 is 9.90 Å². The van der Waals surface area contributed by atoms with Crippen LogP contribution < -0.4 is 5.32 Å². The smallest absolute Gasteiger partial charge is 0.305 e. The summed E-state index contributed by atoms with van der Waals surface area (Å²) in [6.45, 7) is 6.69. The molecule has 1 rings (SSSR count). The minimum absolute atomic E-state index is 0.0637. The molecule has 5 heteroatoms. The van der Waals surface area contributed by atoms with Crippen LogP contribution in [0.5, 0.6) is 0 Å². The molecule has 1 fully saturated rings. The number of aliphatic carboxylic acids is 1. The Balaban J connectivity index is 2.68. The van der Waals surface area contributed by atoms with Gasteiger partial charge in [0.05, 0.1) is 23.9 Å². The first-order valence-electron chi connectivity index (χ1n) is 5.61. The first-order valence-corrected chi connectivity index (χ1v) is 5.61. The SMILES string of the molecule is CCN(CC(C)C#N)C1(CC(=O)O)CNC1. The van der Waals surface area contributed by atoms with Gasteiger partial charge >= 0.3 is 5.97 Å². The third-order valence-electron chi connectivity index (χ3n) is 3.16. The van der Waals surface area contributed by atoms with E-state index in [4.69, 9.17) is 10.4 Å². The molecular formula is C11H19N3O2. The highest BCUT2D eigenvalue weighted by Crippen LogP contribution is 2.25. The molecule has 1 saturated heterocycles. The largest absolute Gasteiger partial charge is 0.481 e. The standard InChI is InChI=1S/C11H19N3O2/c1-3-14(6-9(2)5-12)11(4-10(15)16)7-13-8-11/h9,13H,3-4,6-8H2,1-2H3,(H,15,16). The van der Waals surface area contributed by atoms with Gasteiger partial charge in [0.25, 0.3) is 0 Å². The zero-order valence-corrected chi connectivity index (χ0v) is 9.86. The van der Waals surface area contributed by atoms with Gasteiger partial charge in [-0.3, -0.25) is 9.69 Å². The van der Waals surface area contributed by atoms with E-state index in [1.807, 2.05) is 13.8 Å². The highest BCUT2D eigenvalue weighted by atomic mass is 16.4. The quantitative estimate of drug-likeness (QED) is 0.679. The average Bonchev–Trinajstić information content (AvgIpc) is 2.19. The fourth-order valence-corrected chi connectivity index (χ4v) is 2.19. The Bertz CT molecular complexity index is 294. The Labute approximate surface area is 96.0 Å². The third kappa shape index (κ3) is 2.71. The average molecular weight is 225 g/mol. The number of rotatable bonds is 6. The van der Waals surface area contributed by atoms with Crippen LogP contribution in [0.4, 0.5) is 0 Å². The molecule has 5 nitrogen and oxygen atoms in total. The van der Waals surface area contributed by atoms with Crippen LogP contribution in [0.3, 0.4) is 0 Å². The van der Waals surface area contributed by atoms with E-state index in [0.717, 1.165) is 6.54 Å². The molecule has 0 spiro atoms. The minimum Gasteiger partial charge on any atom is -0.481 e. The molecule has 2 N–H and O–H groups in total. The molecule has 90 valence electrons. The summed E-state index contributed by atoms with van der Waals surface area (Å²) in [7, 11) is 0. The highest BCUT2D eigenvalue weighted by Gasteiger charge is 2.43.